The molecule has 12 heteroatoms. The average Bonchev–Trinajstić information content (AvgIpc) is 3.71. The number of aromatic amines is 2. The monoisotopic (exact) mass is 736 g/mol. The van der Waals surface area contributed by atoms with Gasteiger partial charge in [0.05, 0.1) is 49.6 Å². The van der Waals surface area contributed by atoms with E-state index in [0.29, 0.717) is 40.0 Å². The van der Waals surface area contributed by atoms with E-state index in [0.717, 1.165) is 38.7 Å². The summed E-state index contributed by atoms with van der Waals surface area (Å²) in [5, 5.41) is 12.0. The lowest BCUT2D eigenvalue weighted by atomic mass is 9.99. The number of nitrogens with zero attached hydrogens (tertiary/aromatic N) is 6. The van der Waals surface area contributed by atoms with Gasteiger partial charge in [-0.3, -0.25) is 19.1 Å². The number of hydrogen-bond donors (Lipinski definition) is 3. The molecule has 0 aliphatic heterocycles. The maximum Gasteiger partial charge on any atom is 0.329 e. The Labute approximate surface area is 317 Å². The highest BCUT2D eigenvalue weighted by Crippen LogP contribution is 2.33. The lowest BCUT2D eigenvalue weighted by Crippen LogP contribution is -2.28. The summed E-state index contributed by atoms with van der Waals surface area (Å²) in [5.74, 6) is 1.12. The van der Waals surface area contributed by atoms with Crippen molar-refractivity contribution in [2.45, 2.75) is 52.6 Å². The summed E-state index contributed by atoms with van der Waals surface area (Å²) in [6.07, 6.45) is 3.35. The van der Waals surface area contributed by atoms with Crippen LogP contribution in [-0.4, -0.2) is 57.9 Å². The van der Waals surface area contributed by atoms with E-state index < -0.39 is 0 Å². The number of methoxy groups -OCH3 is 1. The zero-order valence-corrected chi connectivity index (χ0v) is 31.7. The zero-order valence-electron chi connectivity index (χ0n) is 31.7. The first kappa shape index (κ1) is 36.9. The number of rotatable bonds is 9. The molecule has 0 aliphatic carbocycles. The molecule has 0 fully saturated rings. The number of aliphatic hydroxyl groups excluding tert-OH is 1. The van der Waals surface area contributed by atoms with Crippen LogP contribution in [0.2, 0.25) is 0 Å². The summed E-state index contributed by atoms with van der Waals surface area (Å²) in [4.78, 5) is 49.1. The van der Waals surface area contributed by atoms with Gasteiger partial charge >= 0.3 is 11.4 Å². The van der Waals surface area contributed by atoms with Crippen LogP contribution < -0.4 is 16.1 Å². The van der Waals surface area contributed by atoms with Gasteiger partial charge in [0.15, 0.2) is 22.6 Å². The summed E-state index contributed by atoms with van der Waals surface area (Å²) in [6, 6.07) is 29.7. The van der Waals surface area contributed by atoms with Gasteiger partial charge in [0.25, 0.3) is 0 Å². The second-order valence-corrected chi connectivity index (χ2v) is 14.2. The van der Waals surface area contributed by atoms with Crippen molar-refractivity contribution in [1.29, 1.82) is 0 Å². The molecule has 0 saturated carbocycles. The van der Waals surface area contributed by atoms with Crippen molar-refractivity contribution in [3.8, 4) is 28.3 Å². The molecule has 4 aromatic carbocycles. The number of H-pyrrole nitrogens is 2. The van der Waals surface area contributed by atoms with Gasteiger partial charge in [-0.15, -0.1) is 0 Å². The van der Waals surface area contributed by atoms with Crippen LogP contribution in [0.3, 0.4) is 0 Å². The Morgan fingerprint density at radius 1 is 0.691 bits per heavy atom. The van der Waals surface area contributed by atoms with E-state index in [1.54, 1.807) is 24.1 Å². The molecule has 3 N–H and O–H groups in total. The van der Waals surface area contributed by atoms with Crippen LogP contribution in [0.15, 0.2) is 113 Å². The number of fused-ring (bicyclic) bond motifs is 3. The molecule has 55 heavy (non-hydrogen) atoms. The lowest BCUT2D eigenvalue weighted by Gasteiger charge is -2.19. The number of aromatic nitrogens is 8. The van der Waals surface area contributed by atoms with Crippen molar-refractivity contribution < 1.29 is 9.84 Å². The highest BCUT2D eigenvalue weighted by atomic mass is 16.5. The molecule has 0 amide bonds. The maximum atomic E-state index is 12.6. The Kier molecular flexibility index (Phi) is 10.4. The maximum absolute atomic E-state index is 12.6. The van der Waals surface area contributed by atoms with Gasteiger partial charge in [0, 0.05) is 11.1 Å². The number of nitrogens with one attached hydrogen (secondary N) is 2. The normalized spacial score (nSPS) is 12.7. The van der Waals surface area contributed by atoms with E-state index in [9.17, 15) is 14.7 Å². The summed E-state index contributed by atoms with van der Waals surface area (Å²) < 4.78 is 8.67. The Balaban J connectivity index is 0.000000169. The van der Waals surface area contributed by atoms with Crippen molar-refractivity contribution in [3.63, 3.8) is 0 Å². The molecular weight excluding hydrogens is 693 g/mol. The molecule has 4 heterocycles. The standard InChI is InChI=1S/C23H18N4O.C20H26N4O3/c1-15(16-8-3-2-4-9-16)27-22-21(26-23(27)28)24-14-20(25-22)19-13-7-11-17-10-5-6-12-18(17)19;1-11(2)13-6-7-17(27-5)14(8-13)15-9-21-18-19(22-15)24(20(26)23-18)16(10-25)12(3)4/h2-15H,1H3,(H,24,26,28);6-9,11-12,16,25H,10H2,1-5H3,(H,21,23,26)/t15-;16-/m01/s1. The van der Waals surface area contributed by atoms with Gasteiger partial charge in [-0.1, -0.05) is 107 Å². The van der Waals surface area contributed by atoms with E-state index in [1.807, 2.05) is 93.6 Å². The van der Waals surface area contributed by atoms with Crippen LogP contribution in [0.5, 0.6) is 5.75 Å². The summed E-state index contributed by atoms with van der Waals surface area (Å²) >= 11 is 0. The van der Waals surface area contributed by atoms with E-state index >= 15 is 0 Å². The Bertz CT molecular complexity index is 2720. The molecule has 4 aromatic heterocycles. The van der Waals surface area contributed by atoms with Crippen LogP contribution in [0.25, 0.3) is 55.9 Å². The first-order valence-electron chi connectivity index (χ1n) is 18.4. The smallest absolute Gasteiger partial charge is 0.329 e. The van der Waals surface area contributed by atoms with Crippen molar-refractivity contribution in [1.82, 2.24) is 39.0 Å². The third-order valence-electron chi connectivity index (χ3n) is 10.0. The van der Waals surface area contributed by atoms with Gasteiger partial charge in [-0.25, -0.2) is 29.5 Å². The Hall–Kier alpha value is -6.40. The van der Waals surface area contributed by atoms with Crippen molar-refractivity contribution >= 4 is 33.4 Å². The number of benzene rings is 4. The molecule has 0 aliphatic rings. The minimum Gasteiger partial charge on any atom is -0.496 e. The molecule has 0 spiro atoms. The second kappa shape index (κ2) is 15.5. The van der Waals surface area contributed by atoms with Crippen molar-refractivity contribution in [2.24, 2.45) is 5.92 Å². The minimum absolute atomic E-state index is 0.0657. The van der Waals surface area contributed by atoms with Crippen molar-refractivity contribution in [2.75, 3.05) is 13.7 Å². The molecular formula is C43H44N8O4. The molecule has 0 unspecified atom stereocenters. The van der Waals surface area contributed by atoms with Crippen LogP contribution in [0, 0.1) is 5.92 Å². The van der Waals surface area contributed by atoms with E-state index in [1.165, 1.54) is 4.57 Å². The molecule has 12 nitrogen and oxygen atoms in total. The number of hydrogen-bond acceptors (Lipinski definition) is 8. The van der Waals surface area contributed by atoms with Crippen LogP contribution in [0.1, 0.15) is 63.7 Å². The number of aliphatic hydroxyl groups is 1. The molecule has 280 valence electrons. The van der Waals surface area contributed by atoms with E-state index in [-0.39, 0.29) is 36.0 Å². The van der Waals surface area contributed by atoms with Gasteiger partial charge in [-0.05, 0) is 52.8 Å². The first-order chi connectivity index (χ1) is 26.6. The highest BCUT2D eigenvalue weighted by Gasteiger charge is 2.23. The lowest BCUT2D eigenvalue weighted by molar-refractivity contribution is 0.193. The zero-order chi connectivity index (χ0) is 38.8. The van der Waals surface area contributed by atoms with Crippen LogP contribution in [0.4, 0.5) is 0 Å². The van der Waals surface area contributed by atoms with Crippen LogP contribution >= 0.6 is 0 Å². The average molecular weight is 737 g/mol. The molecule has 0 bridgehead atoms. The van der Waals surface area contributed by atoms with E-state index in [4.69, 9.17) is 14.7 Å². The summed E-state index contributed by atoms with van der Waals surface area (Å²) in [7, 11) is 1.62. The third kappa shape index (κ3) is 7.16. The molecule has 8 rings (SSSR count). The fourth-order valence-electron chi connectivity index (χ4n) is 6.92. The highest BCUT2D eigenvalue weighted by molar-refractivity contribution is 5.96. The van der Waals surface area contributed by atoms with Gasteiger partial charge in [0.1, 0.15) is 5.75 Å². The Morgan fingerprint density at radius 2 is 1.29 bits per heavy atom. The fourth-order valence-corrected chi connectivity index (χ4v) is 6.92. The third-order valence-corrected chi connectivity index (χ3v) is 10.0. The van der Waals surface area contributed by atoms with Gasteiger partial charge in [0.2, 0.25) is 0 Å². The first-order valence-corrected chi connectivity index (χ1v) is 18.4. The summed E-state index contributed by atoms with van der Waals surface area (Å²) in [6.45, 7) is 10.0. The molecule has 8 aromatic rings. The minimum atomic E-state index is -0.375. The number of ether oxygens (including phenoxy) is 1. The van der Waals surface area contributed by atoms with Gasteiger partial charge in [-0.2, -0.15) is 0 Å². The molecule has 0 saturated heterocycles. The predicted octanol–water partition coefficient (Wildman–Crippen LogP) is 7.66. The van der Waals surface area contributed by atoms with Gasteiger partial charge < -0.3 is 9.84 Å². The second-order valence-electron chi connectivity index (χ2n) is 14.2. The predicted molar refractivity (Wildman–Crippen MR) is 217 cm³/mol. The fraction of sp³-hybridized carbons (Fsp3) is 0.256. The van der Waals surface area contributed by atoms with Crippen molar-refractivity contribution in [3.05, 3.63) is 135 Å². The topological polar surface area (TPSA) is 157 Å². The largest absolute Gasteiger partial charge is 0.496 e. The van der Waals surface area contributed by atoms with Crippen LogP contribution in [-0.2, 0) is 0 Å². The molecule has 2 atom stereocenters. The SMILES string of the molecule is COc1ccc(C(C)C)cc1-c1cnc2[nH]c(=O)n([C@H](CO)C(C)C)c2n1.C[C@@H](c1ccccc1)n1c(=O)[nH]c2ncc(-c3cccc4ccccc34)nc21. The number of imidazole rings is 2. The quantitative estimate of drug-likeness (QED) is 0.136. The summed E-state index contributed by atoms with van der Waals surface area (Å²) in [5.41, 5.74) is 6.76. The Morgan fingerprint density at radius 3 is 1.93 bits per heavy atom. The van der Waals surface area contributed by atoms with E-state index in [2.05, 4.69) is 52.0 Å². The molecule has 0 radical (unpaired) electrons.